The van der Waals surface area contributed by atoms with Crippen LogP contribution >= 0.6 is 0 Å². The van der Waals surface area contributed by atoms with Gasteiger partial charge in [0.05, 0.1) is 0 Å². The van der Waals surface area contributed by atoms with Crippen molar-refractivity contribution < 1.29 is 4.79 Å². The molecule has 1 unspecified atom stereocenters. The number of hydrogen-bond acceptors (Lipinski definition) is 2. The topological polar surface area (TPSA) is 32.3 Å². The van der Waals surface area contributed by atoms with E-state index in [1.807, 2.05) is 0 Å². The van der Waals surface area contributed by atoms with Crippen molar-refractivity contribution in [3.8, 4) is 0 Å². The summed E-state index contributed by atoms with van der Waals surface area (Å²) >= 11 is 0. The number of rotatable bonds is 3. The maximum atomic E-state index is 10.2. The van der Waals surface area contributed by atoms with Crippen LogP contribution in [0.25, 0.3) is 0 Å². The predicted molar refractivity (Wildman–Crippen MR) is 48.9 cm³/mol. The van der Waals surface area contributed by atoms with Gasteiger partial charge >= 0.3 is 0 Å². The fourth-order valence-electron chi connectivity index (χ4n) is 1.77. The van der Waals surface area contributed by atoms with Crippen LogP contribution in [0, 0.1) is 5.92 Å². The van der Waals surface area contributed by atoms with E-state index in [4.69, 9.17) is 0 Å². The Morgan fingerprint density at radius 2 is 2.08 bits per heavy atom. The van der Waals surface area contributed by atoms with E-state index in [0.717, 1.165) is 19.5 Å². The molecule has 1 fully saturated rings. The summed E-state index contributed by atoms with van der Waals surface area (Å²) in [5, 5.41) is 2.83. The Hall–Kier alpha value is -0.570. The maximum absolute atomic E-state index is 10.2. The van der Waals surface area contributed by atoms with Gasteiger partial charge in [0.1, 0.15) is 0 Å². The van der Waals surface area contributed by atoms with Crippen LogP contribution in [0.4, 0.5) is 0 Å². The Balaban J connectivity index is 2.28. The molecule has 1 rings (SSSR count). The van der Waals surface area contributed by atoms with Crippen LogP contribution in [-0.4, -0.2) is 37.5 Å². The number of nitrogens with zero attached hydrogens (tertiary/aromatic N) is 1. The number of nitrogens with one attached hydrogen (secondary N) is 1. The lowest BCUT2D eigenvalue weighted by Crippen LogP contribution is -2.40. The van der Waals surface area contributed by atoms with E-state index in [-0.39, 0.29) is 0 Å². The van der Waals surface area contributed by atoms with Crippen molar-refractivity contribution in [1.29, 1.82) is 0 Å². The lowest BCUT2D eigenvalue weighted by atomic mass is 9.91. The van der Waals surface area contributed by atoms with E-state index >= 15 is 0 Å². The van der Waals surface area contributed by atoms with Gasteiger partial charge in [-0.3, -0.25) is 4.79 Å². The van der Waals surface area contributed by atoms with Crippen molar-refractivity contribution in [1.82, 2.24) is 10.2 Å². The molecule has 0 bridgehead atoms. The summed E-state index contributed by atoms with van der Waals surface area (Å²) < 4.78 is 0. The summed E-state index contributed by atoms with van der Waals surface area (Å²) in [5.41, 5.74) is 0. The largest absolute Gasteiger partial charge is 0.356 e. The van der Waals surface area contributed by atoms with Gasteiger partial charge in [-0.05, 0) is 45.8 Å². The number of carbonyl (C=O) groups excluding carboxylic acids is 1. The highest BCUT2D eigenvalue weighted by Gasteiger charge is 2.21. The number of piperidine rings is 1. The van der Waals surface area contributed by atoms with Gasteiger partial charge in [0.2, 0.25) is 6.41 Å². The van der Waals surface area contributed by atoms with Gasteiger partial charge in [-0.2, -0.15) is 0 Å². The van der Waals surface area contributed by atoms with Crippen molar-refractivity contribution in [3.05, 3.63) is 0 Å². The first-order valence-corrected chi connectivity index (χ1v) is 4.62. The summed E-state index contributed by atoms with van der Waals surface area (Å²) in [7, 11) is 2.15. The normalized spacial score (nSPS) is 23.5. The highest BCUT2D eigenvalue weighted by molar-refractivity contribution is 5.46. The summed E-state index contributed by atoms with van der Waals surface area (Å²) in [4.78, 5) is 12.5. The Labute approximate surface area is 74.1 Å². The molecule has 0 aromatic heterocycles. The first-order valence-electron chi connectivity index (χ1n) is 4.62. The molecule has 0 aliphatic carbocycles. The van der Waals surface area contributed by atoms with Crippen LogP contribution in [0.5, 0.6) is 0 Å². The highest BCUT2D eigenvalue weighted by atomic mass is 16.1. The van der Waals surface area contributed by atoms with Crippen molar-refractivity contribution in [2.75, 3.05) is 20.1 Å². The van der Waals surface area contributed by atoms with Crippen LogP contribution in [0.2, 0.25) is 0 Å². The second-order valence-corrected chi connectivity index (χ2v) is 3.71. The quantitative estimate of drug-likeness (QED) is 0.624. The van der Waals surface area contributed by atoms with Gasteiger partial charge in [-0.1, -0.05) is 0 Å². The first kappa shape index (κ1) is 9.52. The molecule has 3 heteroatoms. The van der Waals surface area contributed by atoms with Crippen molar-refractivity contribution in [2.24, 2.45) is 5.92 Å². The van der Waals surface area contributed by atoms with Gasteiger partial charge in [0, 0.05) is 6.04 Å². The Kier molecular flexibility index (Phi) is 3.53. The zero-order chi connectivity index (χ0) is 8.97. The molecule has 0 spiro atoms. The Morgan fingerprint density at radius 1 is 1.50 bits per heavy atom. The molecule has 0 saturated carbocycles. The minimum Gasteiger partial charge on any atom is -0.356 e. The molecule has 1 saturated heterocycles. The van der Waals surface area contributed by atoms with Gasteiger partial charge in [-0.15, -0.1) is 0 Å². The molecule has 1 aliphatic heterocycles. The van der Waals surface area contributed by atoms with Crippen LogP contribution in [0.3, 0.4) is 0 Å². The molecule has 1 N–H and O–H groups in total. The molecule has 70 valence electrons. The average Bonchev–Trinajstić information content (AvgIpc) is 2.06. The fourth-order valence-corrected chi connectivity index (χ4v) is 1.77. The van der Waals surface area contributed by atoms with Gasteiger partial charge in [-0.25, -0.2) is 0 Å². The SMILES string of the molecule is CC(NC=O)C1CCN(C)CC1. The van der Waals surface area contributed by atoms with Crippen molar-refractivity contribution in [3.63, 3.8) is 0 Å². The zero-order valence-electron chi connectivity index (χ0n) is 7.92. The van der Waals surface area contributed by atoms with Gasteiger partial charge in [0.25, 0.3) is 0 Å². The smallest absolute Gasteiger partial charge is 0.207 e. The third-order valence-electron chi connectivity index (χ3n) is 2.80. The lowest BCUT2D eigenvalue weighted by Gasteiger charge is -2.32. The van der Waals surface area contributed by atoms with Crippen molar-refractivity contribution >= 4 is 6.41 Å². The third-order valence-corrected chi connectivity index (χ3v) is 2.80. The maximum Gasteiger partial charge on any atom is 0.207 e. The van der Waals surface area contributed by atoms with Crippen LogP contribution in [-0.2, 0) is 4.79 Å². The Bertz CT molecular complexity index is 141. The number of amides is 1. The molecule has 1 atom stereocenters. The van der Waals surface area contributed by atoms with Gasteiger partial charge in [0.15, 0.2) is 0 Å². The zero-order valence-corrected chi connectivity index (χ0v) is 7.92. The van der Waals surface area contributed by atoms with Crippen LogP contribution in [0.15, 0.2) is 0 Å². The van der Waals surface area contributed by atoms with Gasteiger partial charge < -0.3 is 10.2 Å². The third kappa shape index (κ3) is 2.48. The van der Waals surface area contributed by atoms with Crippen molar-refractivity contribution in [2.45, 2.75) is 25.8 Å². The lowest BCUT2D eigenvalue weighted by molar-refractivity contribution is -0.110. The fraction of sp³-hybridized carbons (Fsp3) is 0.889. The molecule has 1 amide bonds. The predicted octanol–water partition coefficient (Wildman–Crippen LogP) is 0.463. The summed E-state index contributed by atoms with van der Waals surface area (Å²) in [6, 6.07) is 0.344. The van der Waals surface area contributed by atoms with E-state index in [2.05, 4.69) is 24.2 Å². The van der Waals surface area contributed by atoms with E-state index in [9.17, 15) is 4.79 Å². The monoisotopic (exact) mass is 170 g/mol. The number of hydrogen-bond donors (Lipinski definition) is 1. The van der Waals surface area contributed by atoms with E-state index in [1.165, 1.54) is 12.8 Å². The highest BCUT2D eigenvalue weighted by Crippen LogP contribution is 2.18. The van der Waals surface area contributed by atoms with Crippen LogP contribution in [0.1, 0.15) is 19.8 Å². The molecular weight excluding hydrogens is 152 g/mol. The van der Waals surface area contributed by atoms with E-state index in [0.29, 0.717) is 12.0 Å². The van der Waals surface area contributed by atoms with E-state index in [1.54, 1.807) is 0 Å². The molecule has 1 heterocycles. The standard InChI is InChI=1S/C9H18N2O/c1-8(10-7-12)9-3-5-11(2)6-4-9/h7-9H,3-6H2,1-2H3,(H,10,12). The average molecular weight is 170 g/mol. The first-order chi connectivity index (χ1) is 5.74. The number of carbonyl (C=O) groups is 1. The Morgan fingerprint density at radius 3 is 2.58 bits per heavy atom. The minimum absolute atomic E-state index is 0.344. The molecular formula is C9H18N2O. The minimum atomic E-state index is 0.344. The summed E-state index contributed by atoms with van der Waals surface area (Å²) in [6.45, 7) is 4.41. The molecule has 1 aliphatic rings. The van der Waals surface area contributed by atoms with Crippen LogP contribution < -0.4 is 5.32 Å². The van der Waals surface area contributed by atoms with E-state index < -0.39 is 0 Å². The molecule has 3 nitrogen and oxygen atoms in total. The molecule has 0 radical (unpaired) electrons. The summed E-state index contributed by atoms with van der Waals surface area (Å²) in [6.07, 6.45) is 3.22. The molecule has 0 aromatic carbocycles. The second-order valence-electron chi connectivity index (χ2n) is 3.71. The second kappa shape index (κ2) is 4.45. The molecule has 12 heavy (non-hydrogen) atoms. The molecule has 0 aromatic rings. The summed E-state index contributed by atoms with van der Waals surface area (Å²) in [5.74, 6) is 0.673. The number of likely N-dealkylation sites (tertiary alicyclic amines) is 1.